The minimum Gasteiger partial charge on any atom is -0.483 e. The summed E-state index contributed by atoms with van der Waals surface area (Å²) in [6.45, 7) is 4.28. The fourth-order valence-electron chi connectivity index (χ4n) is 1.35. The molecule has 0 spiro atoms. The van der Waals surface area contributed by atoms with Gasteiger partial charge in [0, 0.05) is 12.0 Å². The maximum Gasteiger partial charge on any atom is 0.134 e. The molecule has 1 atom stereocenters. The van der Waals surface area contributed by atoms with Crippen molar-refractivity contribution in [2.75, 3.05) is 0 Å². The standard InChI is InChI=1S/C8H10O/c1-6-7-4-3-5-8(6,2)9-7/h3-4H,5H2,1-2H3. The van der Waals surface area contributed by atoms with E-state index in [-0.39, 0.29) is 5.60 Å². The summed E-state index contributed by atoms with van der Waals surface area (Å²) in [5, 5.41) is 0. The molecule has 0 saturated carbocycles. The molecule has 3 aliphatic rings. The van der Waals surface area contributed by atoms with Crippen LogP contribution in [0.4, 0.5) is 0 Å². The van der Waals surface area contributed by atoms with E-state index < -0.39 is 0 Å². The molecule has 3 rings (SSSR count). The molecule has 0 amide bonds. The van der Waals surface area contributed by atoms with E-state index in [1.54, 1.807) is 0 Å². The Hall–Kier alpha value is -0.720. The van der Waals surface area contributed by atoms with E-state index in [4.69, 9.17) is 4.74 Å². The fraction of sp³-hybridized carbons (Fsp3) is 0.500. The molecule has 0 aromatic rings. The van der Waals surface area contributed by atoms with E-state index in [0.29, 0.717) is 0 Å². The first-order valence-electron chi connectivity index (χ1n) is 3.29. The zero-order chi connectivity index (χ0) is 6.48. The van der Waals surface area contributed by atoms with Crippen LogP contribution < -0.4 is 0 Å². The average Bonchev–Trinajstić information content (AvgIpc) is 1.88. The Morgan fingerprint density at radius 3 is 2.78 bits per heavy atom. The van der Waals surface area contributed by atoms with Crippen molar-refractivity contribution in [3.05, 3.63) is 23.5 Å². The first-order chi connectivity index (χ1) is 4.22. The molecule has 2 heterocycles. The van der Waals surface area contributed by atoms with Gasteiger partial charge in [0.05, 0.1) is 0 Å². The van der Waals surface area contributed by atoms with Gasteiger partial charge in [0.15, 0.2) is 0 Å². The Kier molecular flexibility index (Phi) is 0.696. The van der Waals surface area contributed by atoms with E-state index in [2.05, 4.69) is 26.0 Å². The topological polar surface area (TPSA) is 9.23 Å². The minimum atomic E-state index is 0.0735. The van der Waals surface area contributed by atoms with Crippen LogP contribution in [0.3, 0.4) is 0 Å². The van der Waals surface area contributed by atoms with Gasteiger partial charge in [-0.15, -0.1) is 0 Å². The highest BCUT2D eigenvalue weighted by Crippen LogP contribution is 2.43. The maximum atomic E-state index is 5.47. The van der Waals surface area contributed by atoms with Crippen LogP contribution in [0.1, 0.15) is 20.3 Å². The number of ether oxygens (including phenoxy) is 1. The van der Waals surface area contributed by atoms with E-state index in [1.807, 2.05) is 0 Å². The minimum absolute atomic E-state index is 0.0735. The zero-order valence-electron chi connectivity index (χ0n) is 5.77. The molecule has 0 N–H and O–H groups in total. The van der Waals surface area contributed by atoms with E-state index in [1.165, 1.54) is 5.57 Å². The second kappa shape index (κ2) is 1.23. The number of rotatable bonds is 0. The molecule has 1 unspecified atom stereocenters. The van der Waals surface area contributed by atoms with Gasteiger partial charge in [-0.25, -0.2) is 0 Å². The van der Waals surface area contributed by atoms with Gasteiger partial charge in [-0.1, -0.05) is 6.08 Å². The molecule has 0 radical (unpaired) electrons. The van der Waals surface area contributed by atoms with Gasteiger partial charge >= 0.3 is 0 Å². The number of hydrogen-bond acceptors (Lipinski definition) is 1. The number of allylic oxidation sites excluding steroid dienone is 1. The second-order valence-electron chi connectivity index (χ2n) is 2.93. The average molecular weight is 122 g/mol. The second-order valence-corrected chi connectivity index (χ2v) is 2.93. The van der Waals surface area contributed by atoms with Crippen molar-refractivity contribution in [1.29, 1.82) is 0 Å². The SMILES string of the molecule is CC1=C2C=CCC1(C)O2. The molecule has 0 saturated heterocycles. The van der Waals surface area contributed by atoms with Gasteiger partial charge in [-0.05, 0) is 19.9 Å². The predicted molar refractivity (Wildman–Crippen MR) is 35.9 cm³/mol. The van der Waals surface area contributed by atoms with Crippen molar-refractivity contribution in [1.82, 2.24) is 0 Å². The van der Waals surface area contributed by atoms with Gasteiger partial charge in [0.25, 0.3) is 0 Å². The Balaban J connectivity index is 2.46. The van der Waals surface area contributed by atoms with Crippen LogP contribution in [0.15, 0.2) is 23.5 Å². The summed E-state index contributed by atoms with van der Waals surface area (Å²) in [4.78, 5) is 0. The van der Waals surface area contributed by atoms with Crippen molar-refractivity contribution in [3.63, 3.8) is 0 Å². The van der Waals surface area contributed by atoms with Crippen LogP contribution in [0, 0.1) is 0 Å². The summed E-state index contributed by atoms with van der Waals surface area (Å²) < 4.78 is 5.47. The van der Waals surface area contributed by atoms with Crippen molar-refractivity contribution < 1.29 is 4.74 Å². The molecule has 2 bridgehead atoms. The lowest BCUT2D eigenvalue weighted by atomic mass is 9.83. The number of hydrogen-bond donors (Lipinski definition) is 0. The molecule has 0 aromatic heterocycles. The van der Waals surface area contributed by atoms with E-state index in [0.717, 1.165) is 12.2 Å². The third-order valence-electron chi connectivity index (χ3n) is 2.27. The largest absolute Gasteiger partial charge is 0.483 e. The molecular weight excluding hydrogens is 112 g/mol. The molecule has 48 valence electrons. The van der Waals surface area contributed by atoms with Crippen molar-refractivity contribution in [2.45, 2.75) is 25.9 Å². The quantitative estimate of drug-likeness (QED) is 0.477. The van der Waals surface area contributed by atoms with Gasteiger partial charge in [0.1, 0.15) is 11.4 Å². The lowest BCUT2D eigenvalue weighted by molar-refractivity contribution is -0.00194. The molecule has 2 aliphatic heterocycles. The highest BCUT2D eigenvalue weighted by atomic mass is 16.5. The monoisotopic (exact) mass is 122 g/mol. The van der Waals surface area contributed by atoms with Crippen LogP contribution in [0.25, 0.3) is 0 Å². The first-order valence-corrected chi connectivity index (χ1v) is 3.29. The van der Waals surface area contributed by atoms with Crippen LogP contribution >= 0.6 is 0 Å². The lowest BCUT2D eigenvalue weighted by Crippen LogP contribution is -2.40. The van der Waals surface area contributed by atoms with E-state index >= 15 is 0 Å². The fourth-order valence-corrected chi connectivity index (χ4v) is 1.35. The smallest absolute Gasteiger partial charge is 0.134 e. The summed E-state index contributed by atoms with van der Waals surface area (Å²) in [6, 6.07) is 0. The van der Waals surface area contributed by atoms with Gasteiger partial charge in [-0.2, -0.15) is 0 Å². The molecule has 1 aliphatic carbocycles. The lowest BCUT2D eigenvalue weighted by Gasteiger charge is -2.43. The van der Waals surface area contributed by atoms with Gasteiger partial charge < -0.3 is 4.74 Å². The highest BCUT2D eigenvalue weighted by Gasteiger charge is 2.40. The summed E-state index contributed by atoms with van der Waals surface area (Å²) >= 11 is 0. The normalized spacial score (nSPS) is 38.0. The van der Waals surface area contributed by atoms with Crippen molar-refractivity contribution in [2.24, 2.45) is 0 Å². The van der Waals surface area contributed by atoms with Gasteiger partial charge in [-0.3, -0.25) is 0 Å². The Morgan fingerprint density at radius 1 is 1.67 bits per heavy atom. The predicted octanol–water partition coefficient (Wildman–Crippen LogP) is 2.01. The van der Waals surface area contributed by atoms with Gasteiger partial charge in [0.2, 0.25) is 0 Å². The summed E-state index contributed by atoms with van der Waals surface area (Å²) in [7, 11) is 0. The third kappa shape index (κ3) is 0.448. The Bertz CT molecular complexity index is 213. The third-order valence-corrected chi connectivity index (χ3v) is 2.27. The summed E-state index contributed by atoms with van der Waals surface area (Å²) in [5.41, 5.74) is 1.48. The maximum absolute atomic E-state index is 5.47. The molecule has 0 fully saturated rings. The molecule has 1 nitrogen and oxygen atoms in total. The van der Waals surface area contributed by atoms with Crippen LogP contribution in [-0.4, -0.2) is 5.60 Å². The Labute approximate surface area is 55.0 Å². The summed E-state index contributed by atoms with van der Waals surface area (Å²) in [6.07, 6.45) is 5.27. The molecule has 1 heteroatoms. The number of fused-ring (bicyclic) bond motifs is 1. The zero-order valence-corrected chi connectivity index (χ0v) is 5.77. The van der Waals surface area contributed by atoms with Crippen molar-refractivity contribution in [3.8, 4) is 0 Å². The summed E-state index contributed by atoms with van der Waals surface area (Å²) in [5.74, 6) is 1.09. The molecule has 0 aromatic carbocycles. The van der Waals surface area contributed by atoms with Crippen LogP contribution in [-0.2, 0) is 4.74 Å². The molecule has 9 heavy (non-hydrogen) atoms. The van der Waals surface area contributed by atoms with Crippen LogP contribution in [0.2, 0.25) is 0 Å². The highest BCUT2D eigenvalue weighted by molar-refractivity contribution is 5.39. The van der Waals surface area contributed by atoms with Crippen LogP contribution in [0.5, 0.6) is 0 Å². The first kappa shape index (κ1) is 5.10. The van der Waals surface area contributed by atoms with Crippen molar-refractivity contribution >= 4 is 0 Å². The van der Waals surface area contributed by atoms with E-state index in [9.17, 15) is 0 Å². The Morgan fingerprint density at radius 2 is 2.44 bits per heavy atom. The molecular formula is C8H10O.